The minimum Gasteiger partial charge on any atom is -0.497 e. The summed E-state index contributed by atoms with van der Waals surface area (Å²) in [4.78, 5) is 14.7. The number of fused-ring (bicyclic) bond motifs is 1. The second kappa shape index (κ2) is 5.21. The maximum absolute atomic E-state index is 12.7. The smallest absolute Gasteiger partial charge is 0.254 e. The molecule has 19 heavy (non-hydrogen) atoms. The lowest BCUT2D eigenvalue weighted by molar-refractivity contribution is 0.0598. The van der Waals surface area contributed by atoms with Crippen LogP contribution in [-0.2, 0) is 0 Å². The molecule has 2 unspecified atom stereocenters. The van der Waals surface area contributed by atoms with E-state index in [4.69, 9.17) is 4.74 Å². The molecular weight excluding hydrogens is 240 g/mol. The van der Waals surface area contributed by atoms with Gasteiger partial charge in [0.1, 0.15) is 5.75 Å². The fraction of sp³-hybridized carbons (Fsp3) is 0.533. The third kappa shape index (κ3) is 2.32. The molecule has 2 atom stereocenters. The zero-order valence-corrected chi connectivity index (χ0v) is 11.3. The van der Waals surface area contributed by atoms with E-state index in [1.165, 1.54) is 12.8 Å². The second-order valence-electron chi connectivity index (χ2n) is 5.29. The molecule has 1 aromatic rings. The number of methoxy groups -OCH3 is 1. The number of piperazine rings is 1. The first kappa shape index (κ1) is 12.5. The van der Waals surface area contributed by atoms with Crippen LogP contribution in [-0.4, -0.2) is 43.1 Å². The van der Waals surface area contributed by atoms with Gasteiger partial charge in [-0.2, -0.15) is 0 Å². The molecule has 0 spiro atoms. The number of benzene rings is 1. The molecule has 1 aliphatic heterocycles. The summed E-state index contributed by atoms with van der Waals surface area (Å²) in [6.07, 6.45) is 3.52. The van der Waals surface area contributed by atoms with E-state index in [1.54, 1.807) is 7.11 Å². The third-order valence-electron chi connectivity index (χ3n) is 4.22. The summed E-state index contributed by atoms with van der Waals surface area (Å²) in [6, 6.07) is 8.30. The minimum absolute atomic E-state index is 0.136. The van der Waals surface area contributed by atoms with Gasteiger partial charge in [0.05, 0.1) is 7.11 Å². The highest BCUT2D eigenvalue weighted by Gasteiger charge is 2.37. The van der Waals surface area contributed by atoms with E-state index < -0.39 is 0 Å². The van der Waals surface area contributed by atoms with Crippen molar-refractivity contribution in [3.8, 4) is 5.75 Å². The van der Waals surface area contributed by atoms with Gasteiger partial charge in [-0.25, -0.2) is 0 Å². The molecule has 3 rings (SSSR count). The van der Waals surface area contributed by atoms with Crippen LogP contribution in [0.3, 0.4) is 0 Å². The first-order chi connectivity index (χ1) is 9.29. The predicted octanol–water partition coefficient (Wildman–Crippen LogP) is 1.66. The van der Waals surface area contributed by atoms with Crippen molar-refractivity contribution in [1.82, 2.24) is 10.2 Å². The van der Waals surface area contributed by atoms with E-state index in [0.29, 0.717) is 12.1 Å². The summed E-state index contributed by atoms with van der Waals surface area (Å²) in [6.45, 7) is 1.70. The van der Waals surface area contributed by atoms with Crippen molar-refractivity contribution in [2.45, 2.75) is 31.3 Å². The number of ether oxygens (including phenoxy) is 1. The minimum atomic E-state index is 0.136. The molecule has 1 aliphatic carbocycles. The van der Waals surface area contributed by atoms with Gasteiger partial charge in [0, 0.05) is 30.7 Å². The van der Waals surface area contributed by atoms with Gasteiger partial charge >= 0.3 is 0 Å². The van der Waals surface area contributed by atoms with Gasteiger partial charge in [-0.05, 0) is 37.5 Å². The molecule has 0 radical (unpaired) electrons. The van der Waals surface area contributed by atoms with E-state index in [2.05, 4.69) is 5.32 Å². The Morgan fingerprint density at radius 2 is 2.32 bits per heavy atom. The molecule has 4 heteroatoms. The molecule has 1 saturated carbocycles. The van der Waals surface area contributed by atoms with Crippen LogP contribution in [0.1, 0.15) is 29.6 Å². The third-order valence-corrected chi connectivity index (χ3v) is 4.22. The van der Waals surface area contributed by atoms with Gasteiger partial charge < -0.3 is 15.0 Å². The van der Waals surface area contributed by atoms with Crippen LogP contribution < -0.4 is 10.1 Å². The van der Waals surface area contributed by atoms with Gasteiger partial charge in [-0.15, -0.1) is 0 Å². The normalized spacial score (nSPS) is 26.1. The van der Waals surface area contributed by atoms with Crippen molar-refractivity contribution in [3.63, 3.8) is 0 Å². The van der Waals surface area contributed by atoms with Crippen LogP contribution in [0.25, 0.3) is 0 Å². The standard InChI is InChI=1S/C15H20N2O2/c1-19-12-5-2-4-11(10-12)15(18)17-9-8-16-13-6-3-7-14(13)17/h2,4-5,10,13-14,16H,3,6-9H2,1H3. The number of hydrogen-bond acceptors (Lipinski definition) is 3. The Kier molecular flexibility index (Phi) is 3.42. The van der Waals surface area contributed by atoms with Crippen LogP contribution >= 0.6 is 0 Å². The summed E-state index contributed by atoms with van der Waals surface area (Å²) in [5.41, 5.74) is 0.729. The molecule has 1 aromatic carbocycles. The Hall–Kier alpha value is -1.55. The van der Waals surface area contributed by atoms with Gasteiger partial charge in [0.15, 0.2) is 0 Å². The fourth-order valence-corrected chi connectivity index (χ4v) is 3.26. The van der Waals surface area contributed by atoms with Crippen LogP contribution in [0.2, 0.25) is 0 Å². The molecule has 0 aromatic heterocycles. The molecule has 1 amide bonds. The molecule has 2 fully saturated rings. The topological polar surface area (TPSA) is 41.6 Å². The van der Waals surface area contributed by atoms with E-state index >= 15 is 0 Å². The number of rotatable bonds is 2. The molecular formula is C15H20N2O2. The van der Waals surface area contributed by atoms with Crippen molar-refractivity contribution in [1.29, 1.82) is 0 Å². The summed E-state index contributed by atoms with van der Waals surface area (Å²) in [5, 5.41) is 3.52. The van der Waals surface area contributed by atoms with E-state index in [0.717, 1.165) is 30.8 Å². The van der Waals surface area contributed by atoms with Crippen molar-refractivity contribution in [3.05, 3.63) is 29.8 Å². The van der Waals surface area contributed by atoms with Gasteiger partial charge in [0.2, 0.25) is 0 Å². The number of nitrogens with zero attached hydrogens (tertiary/aromatic N) is 1. The number of amides is 1. The maximum Gasteiger partial charge on any atom is 0.254 e. The highest BCUT2D eigenvalue weighted by molar-refractivity contribution is 5.95. The monoisotopic (exact) mass is 260 g/mol. The fourth-order valence-electron chi connectivity index (χ4n) is 3.26. The molecule has 1 heterocycles. The number of hydrogen-bond donors (Lipinski definition) is 1. The van der Waals surface area contributed by atoms with Crippen LogP contribution in [0, 0.1) is 0 Å². The van der Waals surface area contributed by atoms with Crippen LogP contribution in [0.5, 0.6) is 5.75 Å². The molecule has 102 valence electrons. The van der Waals surface area contributed by atoms with E-state index in [9.17, 15) is 4.79 Å². The zero-order chi connectivity index (χ0) is 13.2. The maximum atomic E-state index is 12.7. The van der Waals surface area contributed by atoms with Gasteiger partial charge in [-0.1, -0.05) is 6.07 Å². The number of carbonyl (C=O) groups is 1. The Labute approximate surface area is 113 Å². The Morgan fingerprint density at radius 3 is 3.16 bits per heavy atom. The number of carbonyl (C=O) groups excluding carboxylic acids is 1. The van der Waals surface area contributed by atoms with E-state index in [1.807, 2.05) is 29.2 Å². The van der Waals surface area contributed by atoms with Crippen molar-refractivity contribution in [2.75, 3.05) is 20.2 Å². The summed E-state index contributed by atoms with van der Waals surface area (Å²) in [7, 11) is 1.63. The first-order valence-electron chi connectivity index (χ1n) is 6.98. The lowest BCUT2D eigenvalue weighted by Crippen LogP contribution is -2.57. The SMILES string of the molecule is COc1cccc(C(=O)N2CCNC3CCCC32)c1. The lowest BCUT2D eigenvalue weighted by Gasteiger charge is -2.38. The van der Waals surface area contributed by atoms with Gasteiger partial charge in [0.25, 0.3) is 5.91 Å². The highest BCUT2D eigenvalue weighted by Crippen LogP contribution is 2.28. The lowest BCUT2D eigenvalue weighted by atomic mass is 10.1. The number of nitrogens with one attached hydrogen (secondary N) is 1. The van der Waals surface area contributed by atoms with Gasteiger partial charge in [-0.3, -0.25) is 4.79 Å². The van der Waals surface area contributed by atoms with Crippen LogP contribution in [0.4, 0.5) is 0 Å². The Balaban J connectivity index is 1.82. The largest absolute Gasteiger partial charge is 0.497 e. The summed E-state index contributed by atoms with van der Waals surface area (Å²) < 4.78 is 5.20. The Bertz CT molecular complexity index is 475. The molecule has 0 bridgehead atoms. The molecule has 2 aliphatic rings. The predicted molar refractivity (Wildman–Crippen MR) is 73.5 cm³/mol. The van der Waals surface area contributed by atoms with Crippen molar-refractivity contribution >= 4 is 5.91 Å². The quantitative estimate of drug-likeness (QED) is 0.879. The van der Waals surface area contributed by atoms with Crippen molar-refractivity contribution in [2.24, 2.45) is 0 Å². The molecule has 1 N–H and O–H groups in total. The molecule has 1 saturated heterocycles. The second-order valence-corrected chi connectivity index (χ2v) is 5.29. The summed E-state index contributed by atoms with van der Waals surface area (Å²) >= 11 is 0. The Morgan fingerprint density at radius 1 is 1.42 bits per heavy atom. The average Bonchev–Trinajstić information content (AvgIpc) is 2.95. The van der Waals surface area contributed by atoms with Crippen molar-refractivity contribution < 1.29 is 9.53 Å². The highest BCUT2D eigenvalue weighted by atomic mass is 16.5. The molecule has 4 nitrogen and oxygen atoms in total. The van der Waals surface area contributed by atoms with E-state index in [-0.39, 0.29) is 5.91 Å². The average molecular weight is 260 g/mol. The zero-order valence-electron chi connectivity index (χ0n) is 11.3. The summed E-state index contributed by atoms with van der Waals surface area (Å²) in [5.74, 6) is 0.876. The first-order valence-corrected chi connectivity index (χ1v) is 6.98. The van der Waals surface area contributed by atoms with Crippen LogP contribution in [0.15, 0.2) is 24.3 Å².